The van der Waals surface area contributed by atoms with E-state index >= 15 is 0 Å². The normalized spacial score (nSPS) is 15.1. The summed E-state index contributed by atoms with van der Waals surface area (Å²) >= 11 is 13.4. The van der Waals surface area contributed by atoms with Gasteiger partial charge in [-0.05, 0) is 32.0 Å². The molecule has 1 aromatic heterocycles. The molecule has 0 saturated carbocycles. The summed E-state index contributed by atoms with van der Waals surface area (Å²) in [6, 6.07) is 5.14. The Morgan fingerprint density at radius 3 is 2.59 bits per heavy atom. The highest BCUT2D eigenvalue weighted by molar-refractivity contribution is 7.13. The molecule has 4 nitrogen and oxygen atoms in total. The van der Waals surface area contributed by atoms with Crippen molar-refractivity contribution in [1.29, 1.82) is 5.41 Å². The molecular formula is C15H13Cl2N3OS. The molecule has 2 N–H and O–H groups in total. The van der Waals surface area contributed by atoms with E-state index in [0.717, 1.165) is 10.6 Å². The fraction of sp³-hybridized carbons (Fsp3) is 0.200. The van der Waals surface area contributed by atoms with Crippen molar-refractivity contribution in [1.82, 2.24) is 4.98 Å². The SMILES string of the molecule is Cc1nc(C2=C(O)CN(c3ccc(Cl)c(Cl)c3)C2=N)sc1C. The number of benzene rings is 1. The van der Waals surface area contributed by atoms with Gasteiger partial charge in [-0.15, -0.1) is 11.3 Å². The van der Waals surface area contributed by atoms with Gasteiger partial charge in [0.1, 0.15) is 16.6 Å². The number of aromatic nitrogens is 1. The van der Waals surface area contributed by atoms with Gasteiger partial charge in [-0.3, -0.25) is 5.41 Å². The van der Waals surface area contributed by atoms with E-state index in [2.05, 4.69) is 4.98 Å². The Bertz CT molecular complexity index is 794. The lowest BCUT2D eigenvalue weighted by Gasteiger charge is -2.19. The number of aliphatic hydroxyl groups is 1. The van der Waals surface area contributed by atoms with Crippen molar-refractivity contribution in [3.05, 3.63) is 49.6 Å². The van der Waals surface area contributed by atoms with Gasteiger partial charge in [0.2, 0.25) is 0 Å². The van der Waals surface area contributed by atoms with Gasteiger partial charge in [-0.1, -0.05) is 23.2 Å². The Balaban J connectivity index is 1.97. The van der Waals surface area contributed by atoms with Crippen LogP contribution in [-0.4, -0.2) is 22.5 Å². The molecule has 1 aliphatic rings. The number of nitrogens with one attached hydrogen (secondary N) is 1. The number of anilines is 1. The van der Waals surface area contributed by atoms with Crippen molar-refractivity contribution in [3.63, 3.8) is 0 Å². The number of hydrogen-bond donors (Lipinski definition) is 2. The Morgan fingerprint density at radius 2 is 2.00 bits per heavy atom. The molecule has 2 aromatic rings. The third kappa shape index (κ3) is 2.49. The number of aryl methyl sites for hydroxylation is 2. The lowest BCUT2D eigenvalue weighted by Crippen LogP contribution is -2.25. The second-order valence-electron chi connectivity index (χ2n) is 5.02. The Kier molecular flexibility index (Phi) is 3.89. The van der Waals surface area contributed by atoms with E-state index in [-0.39, 0.29) is 18.1 Å². The summed E-state index contributed by atoms with van der Waals surface area (Å²) in [6.07, 6.45) is 0. The quantitative estimate of drug-likeness (QED) is 0.812. The van der Waals surface area contributed by atoms with Crippen LogP contribution < -0.4 is 4.90 Å². The number of hydrogen-bond acceptors (Lipinski definition) is 4. The predicted molar refractivity (Wildman–Crippen MR) is 92.7 cm³/mol. The molecule has 0 aliphatic carbocycles. The van der Waals surface area contributed by atoms with E-state index in [1.807, 2.05) is 13.8 Å². The Hall–Kier alpha value is -1.56. The van der Waals surface area contributed by atoms with Gasteiger partial charge in [-0.2, -0.15) is 0 Å². The van der Waals surface area contributed by atoms with Crippen LogP contribution >= 0.6 is 34.5 Å². The third-order valence-corrected chi connectivity index (χ3v) is 5.39. The molecule has 1 aliphatic heterocycles. The van der Waals surface area contributed by atoms with E-state index in [0.29, 0.717) is 26.3 Å². The molecule has 0 spiro atoms. The van der Waals surface area contributed by atoms with E-state index < -0.39 is 0 Å². The molecule has 3 rings (SSSR count). The average Bonchev–Trinajstić information content (AvgIpc) is 2.93. The van der Waals surface area contributed by atoms with Crippen molar-refractivity contribution in [2.75, 3.05) is 11.4 Å². The largest absolute Gasteiger partial charge is 0.510 e. The first-order valence-corrected chi connectivity index (χ1v) is 8.13. The maximum absolute atomic E-state index is 10.3. The average molecular weight is 354 g/mol. The van der Waals surface area contributed by atoms with Gasteiger partial charge in [0.15, 0.2) is 0 Å². The lowest BCUT2D eigenvalue weighted by molar-refractivity contribution is 0.411. The van der Waals surface area contributed by atoms with Crippen LogP contribution in [0.3, 0.4) is 0 Å². The molecule has 0 amide bonds. The van der Waals surface area contributed by atoms with E-state index in [9.17, 15) is 5.11 Å². The van der Waals surface area contributed by atoms with Gasteiger partial charge >= 0.3 is 0 Å². The molecule has 0 atom stereocenters. The molecule has 22 heavy (non-hydrogen) atoms. The summed E-state index contributed by atoms with van der Waals surface area (Å²) in [7, 11) is 0. The van der Waals surface area contributed by atoms with Crippen molar-refractivity contribution < 1.29 is 5.11 Å². The molecule has 0 unspecified atom stereocenters. The van der Waals surface area contributed by atoms with Gasteiger partial charge < -0.3 is 10.0 Å². The minimum Gasteiger partial charge on any atom is -0.510 e. The molecule has 114 valence electrons. The summed E-state index contributed by atoms with van der Waals surface area (Å²) in [6.45, 7) is 4.12. The minimum absolute atomic E-state index is 0.143. The summed E-state index contributed by atoms with van der Waals surface area (Å²) in [5.41, 5.74) is 2.11. The smallest absolute Gasteiger partial charge is 0.139 e. The van der Waals surface area contributed by atoms with Crippen molar-refractivity contribution in [3.8, 4) is 0 Å². The molecule has 0 radical (unpaired) electrons. The van der Waals surface area contributed by atoms with Crippen LogP contribution in [0, 0.1) is 19.3 Å². The lowest BCUT2D eigenvalue weighted by atomic mass is 10.2. The summed E-state index contributed by atoms with van der Waals surface area (Å²) < 4.78 is 0. The monoisotopic (exact) mass is 353 g/mol. The fourth-order valence-electron chi connectivity index (χ4n) is 2.26. The van der Waals surface area contributed by atoms with Gasteiger partial charge in [0.05, 0.1) is 27.9 Å². The van der Waals surface area contributed by atoms with Crippen LogP contribution in [0.5, 0.6) is 0 Å². The Morgan fingerprint density at radius 1 is 1.27 bits per heavy atom. The van der Waals surface area contributed by atoms with E-state index in [1.54, 1.807) is 23.1 Å². The molecule has 0 bridgehead atoms. The highest BCUT2D eigenvalue weighted by Gasteiger charge is 2.31. The number of nitrogens with zero attached hydrogens (tertiary/aromatic N) is 2. The van der Waals surface area contributed by atoms with Crippen LogP contribution in [-0.2, 0) is 0 Å². The van der Waals surface area contributed by atoms with Gasteiger partial charge in [-0.25, -0.2) is 4.98 Å². The highest BCUT2D eigenvalue weighted by atomic mass is 35.5. The minimum atomic E-state index is 0.143. The van der Waals surface area contributed by atoms with Crippen LogP contribution in [0.25, 0.3) is 5.57 Å². The highest BCUT2D eigenvalue weighted by Crippen LogP contribution is 2.35. The van der Waals surface area contributed by atoms with E-state index in [4.69, 9.17) is 28.6 Å². The van der Waals surface area contributed by atoms with Crippen LogP contribution in [0.15, 0.2) is 24.0 Å². The Labute approximate surface area is 142 Å². The second kappa shape index (κ2) is 5.57. The van der Waals surface area contributed by atoms with Crippen LogP contribution in [0.2, 0.25) is 10.0 Å². The summed E-state index contributed by atoms with van der Waals surface area (Å²) in [5, 5.41) is 20.2. The maximum atomic E-state index is 10.3. The third-order valence-electron chi connectivity index (χ3n) is 3.56. The zero-order chi connectivity index (χ0) is 16.0. The summed E-state index contributed by atoms with van der Waals surface area (Å²) in [5.74, 6) is 0.356. The molecule has 0 fully saturated rings. The fourth-order valence-corrected chi connectivity index (χ4v) is 3.53. The van der Waals surface area contributed by atoms with Gasteiger partial charge in [0.25, 0.3) is 0 Å². The zero-order valence-corrected chi connectivity index (χ0v) is 14.3. The van der Waals surface area contributed by atoms with Crippen molar-refractivity contribution in [2.24, 2.45) is 0 Å². The summed E-state index contributed by atoms with van der Waals surface area (Å²) in [4.78, 5) is 7.20. The maximum Gasteiger partial charge on any atom is 0.139 e. The van der Waals surface area contributed by atoms with Crippen molar-refractivity contribution >= 4 is 51.6 Å². The van der Waals surface area contributed by atoms with Crippen molar-refractivity contribution in [2.45, 2.75) is 13.8 Å². The number of halogens is 2. The second-order valence-corrected chi connectivity index (χ2v) is 7.03. The first kappa shape index (κ1) is 15.3. The topological polar surface area (TPSA) is 60.2 Å². The molecular weight excluding hydrogens is 341 g/mol. The molecule has 0 saturated heterocycles. The number of amidine groups is 1. The number of thiazole rings is 1. The first-order valence-electron chi connectivity index (χ1n) is 6.56. The predicted octanol–water partition coefficient (Wildman–Crippen LogP) is 4.83. The number of aliphatic hydroxyl groups excluding tert-OH is 1. The zero-order valence-electron chi connectivity index (χ0n) is 11.9. The standard InChI is InChI=1S/C15H13Cl2N3OS/c1-7-8(2)22-15(19-7)13-12(21)6-20(14(13)18)9-3-4-10(16)11(17)5-9/h3-5,18,21H,6H2,1-2H3. The van der Waals surface area contributed by atoms with E-state index in [1.165, 1.54) is 11.3 Å². The number of rotatable bonds is 2. The van der Waals surface area contributed by atoms with Crippen LogP contribution in [0.4, 0.5) is 5.69 Å². The van der Waals surface area contributed by atoms with Crippen LogP contribution in [0.1, 0.15) is 15.6 Å². The van der Waals surface area contributed by atoms with Gasteiger partial charge in [0, 0.05) is 10.6 Å². The molecule has 2 heterocycles. The molecule has 1 aromatic carbocycles. The first-order chi connectivity index (χ1) is 10.4. The molecule has 7 heteroatoms.